The van der Waals surface area contributed by atoms with E-state index in [4.69, 9.17) is 0 Å². The summed E-state index contributed by atoms with van der Waals surface area (Å²) in [4.78, 5) is 11.4. The van der Waals surface area contributed by atoms with Crippen molar-refractivity contribution in [3.63, 3.8) is 0 Å². The van der Waals surface area contributed by atoms with Gasteiger partial charge in [0.1, 0.15) is 0 Å². The van der Waals surface area contributed by atoms with Crippen LogP contribution in [-0.2, 0) is 0 Å². The highest BCUT2D eigenvalue weighted by Gasteiger charge is 2.22. The zero-order valence-electron chi connectivity index (χ0n) is 15.3. The van der Waals surface area contributed by atoms with E-state index in [2.05, 4.69) is 80.9 Å². The number of aromatic nitrogens is 1. The molecule has 2 heterocycles. The first-order valence-electron chi connectivity index (χ1n) is 9.40. The van der Waals surface area contributed by atoms with Crippen molar-refractivity contribution >= 4 is 38.7 Å². The van der Waals surface area contributed by atoms with Crippen molar-refractivity contribution in [1.29, 1.82) is 0 Å². The smallest absolute Gasteiger partial charge is 0.188 e. The van der Waals surface area contributed by atoms with Crippen LogP contribution >= 0.6 is 11.3 Å². The molecule has 0 amide bonds. The van der Waals surface area contributed by atoms with Crippen LogP contribution in [0.15, 0.2) is 83.9 Å². The van der Waals surface area contributed by atoms with Gasteiger partial charge >= 0.3 is 0 Å². The average molecular weight is 385 g/mol. The first-order chi connectivity index (χ1) is 13.9. The van der Waals surface area contributed by atoms with Crippen LogP contribution in [0.4, 0.5) is 10.8 Å². The lowest BCUT2D eigenvalue weighted by Crippen LogP contribution is -2.26. The van der Waals surface area contributed by atoms with Gasteiger partial charge in [-0.1, -0.05) is 65.9 Å². The lowest BCUT2D eigenvalue weighted by Gasteiger charge is -2.28. The van der Waals surface area contributed by atoms with E-state index in [9.17, 15) is 0 Å². The molecule has 28 heavy (non-hydrogen) atoms. The predicted molar refractivity (Wildman–Crippen MR) is 118 cm³/mol. The van der Waals surface area contributed by atoms with Gasteiger partial charge in [0, 0.05) is 12.2 Å². The number of hydrogen-bond acceptors (Lipinski definition) is 5. The molecule has 4 aromatic rings. The summed E-state index contributed by atoms with van der Waals surface area (Å²) in [5, 5.41) is 4.35. The summed E-state index contributed by atoms with van der Waals surface area (Å²) in [6.45, 7) is 1.81. The molecule has 1 aromatic heterocycles. The Morgan fingerprint density at radius 1 is 0.857 bits per heavy atom. The Morgan fingerprint density at radius 3 is 2.36 bits per heavy atom. The van der Waals surface area contributed by atoms with E-state index in [1.807, 2.05) is 24.5 Å². The quantitative estimate of drug-likeness (QED) is 0.496. The Balaban J connectivity index is 1.41. The zero-order valence-corrected chi connectivity index (χ0v) is 16.1. The topological polar surface area (TPSA) is 40.5 Å². The van der Waals surface area contributed by atoms with Crippen LogP contribution in [-0.4, -0.2) is 29.3 Å². The normalized spacial score (nSPS) is 14.5. The Morgan fingerprint density at radius 2 is 1.61 bits per heavy atom. The molecule has 0 radical (unpaired) electrons. The summed E-state index contributed by atoms with van der Waals surface area (Å²) in [6.07, 6.45) is 1.98. The van der Waals surface area contributed by atoms with E-state index in [1.165, 1.54) is 15.8 Å². The third-order valence-corrected chi connectivity index (χ3v) is 5.89. The molecule has 1 unspecified atom stereocenters. The third-order valence-electron chi connectivity index (χ3n) is 4.94. The maximum Gasteiger partial charge on any atom is 0.188 e. The Labute approximate surface area is 168 Å². The highest BCUT2D eigenvalue weighted by atomic mass is 32.1. The second-order valence-corrected chi connectivity index (χ2v) is 7.84. The number of aliphatic imine (C=N–C) groups is 1. The molecule has 0 saturated carbocycles. The Bertz CT molecular complexity index is 1070. The lowest BCUT2D eigenvalue weighted by molar-refractivity contribution is 0.398. The highest BCUT2D eigenvalue weighted by molar-refractivity contribution is 7.22. The number of fused-ring (bicyclic) bond motifs is 1. The first-order valence-corrected chi connectivity index (χ1v) is 10.2. The first kappa shape index (κ1) is 17.0. The molecule has 4 nitrogen and oxygen atoms in total. The average Bonchev–Trinajstić information content (AvgIpc) is 3.40. The molecule has 0 aliphatic carbocycles. The third kappa shape index (κ3) is 3.37. The van der Waals surface area contributed by atoms with Crippen molar-refractivity contribution in [3.8, 4) is 0 Å². The second-order valence-electron chi connectivity index (χ2n) is 6.81. The number of rotatable bonds is 5. The van der Waals surface area contributed by atoms with E-state index in [1.54, 1.807) is 11.3 Å². The van der Waals surface area contributed by atoms with Gasteiger partial charge in [-0.25, -0.2) is 4.98 Å². The molecule has 0 spiro atoms. The summed E-state index contributed by atoms with van der Waals surface area (Å²) in [7, 11) is 0. The molecule has 1 N–H and O–H groups in total. The second kappa shape index (κ2) is 7.44. The Hall–Kier alpha value is -3.18. The van der Waals surface area contributed by atoms with Crippen molar-refractivity contribution in [2.45, 2.75) is 6.04 Å². The summed E-state index contributed by atoms with van der Waals surface area (Å²) in [5.41, 5.74) is 4.62. The molecule has 3 aromatic carbocycles. The summed E-state index contributed by atoms with van der Waals surface area (Å²) < 4.78 is 1.19. The molecule has 138 valence electrons. The van der Waals surface area contributed by atoms with Gasteiger partial charge < -0.3 is 10.2 Å². The van der Waals surface area contributed by atoms with Gasteiger partial charge in [0.2, 0.25) is 0 Å². The van der Waals surface area contributed by atoms with Gasteiger partial charge in [-0.2, -0.15) is 0 Å². The summed E-state index contributed by atoms with van der Waals surface area (Å²) >= 11 is 1.67. The minimum Gasteiger partial charge on any atom is -0.350 e. The monoisotopic (exact) mass is 384 g/mol. The predicted octanol–water partition coefficient (Wildman–Crippen LogP) is 5.47. The number of thiazole rings is 1. The molecule has 0 saturated heterocycles. The van der Waals surface area contributed by atoms with Crippen molar-refractivity contribution < 1.29 is 0 Å². The van der Waals surface area contributed by atoms with Crippen LogP contribution in [0, 0.1) is 0 Å². The van der Waals surface area contributed by atoms with E-state index in [-0.39, 0.29) is 6.04 Å². The number of hydrogen-bond donors (Lipinski definition) is 1. The fourth-order valence-electron chi connectivity index (χ4n) is 3.60. The summed E-state index contributed by atoms with van der Waals surface area (Å²) in [5.74, 6) is 0. The Kier molecular flexibility index (Phi) is 4.51. The number of nitrogens with zero attached hydrogens (tertiary/aromatic N) is 3. The van der Waals surface area contributed by atoms with Gasteiger partial charge in [0.15, 0.2) is 5.13 Å². The fourth-order valence-corrected chi connectivity index (χ4v) is 4.48. The molecular weight excluding hydrogens is 364 g/mol. The van der Waals surface area contributed by atoms with Crippen LogP contribution in [0.5, 0.6) is 0 Å². The van der Waals surface area contributed by atoms with E-state index >= 15 is 0 Å². The van der Waals surface area contributed by atoms with Crippen LogP contribution in [0.2, 0.25) is 0 Å². The highest BCUT2D eigenvalue weighted by Crippen LogP contribution is 2.31. The molecular formula is C23H20N4S. The number of para-hydroxylation sites is 1. The molecule has 5 heteroatoms. The van der Waals surface area contributed by atoms with Crippen LogP contribution in [0.1, 0.15) is 17.2 Å². The molecule has 0 bridgehead atoms. The SMILES string of the molecule is C1=NCCN1C(c1ccccc1)c1ccc(Nc2nc3ccccc3s2)cc1. The molecule has 1 aliphatic heterocycles. The maximum atomic E-state index is 4.66. The van der Waals surface area contributed by atoms with E-state index < -0.39 is 0 Å². The minimum absolute atomic E-state index is 0.184. The van der Waals surface area contributed by atoms with Crippen molar-refractivity contribution in [2.75, 3.05) is 18.4 Å². The lowest BCUT2D eigenvalue weighted by atomic mass is 9.97. The van der Waals surface area contributed by atoms with E-state index in [0.29, 0.717) is 0 Å². The van der Waals surface area contributed by atoms with Gasteiger partial charge in [0.25, 0.3) is 0 Å². The van der Waals surface area contributed by atoms with E-state index in [0.717, 1.165) is 29.4 Å². The van der Waals surface area contributed by atoms with Gasteiger partial charge in [-0.15, -0.1) is 0 Å². The number of benzene rings is 3. The maximum absolute atomic E-state index is 4.66. The van der Waals surface area contributed by atoms with Gasteiger partial charge in [-0.05, 0) is 35.4 Å². The van der Waals surface area contributed by atoms with Crippen molar-refractivity contribution in [1.82, 2.24) is 9.88 Å². The molecule has 1 atom stereocenters. The fraction of sp³-hybridized carbons (Fsp3) is 0.130. The summed E-state index contributed by atoms with van der Waals surface area (Å²) in [6, 6.07) is 27.7. The molecule has 5 rings (SSSR count). The number of anilines is 2. The largest absolute Gasteiger partial charge is 0.350 e. The zero-order chi connectivity index (χ0) is 18.8. The standard InChI is InChI=1S/C23H20N4S/c1-2-6-17(7-3-1)22(27-15-14-24-16-27)18-10-12-19(13-11-18)25-23-26-20-8-4-5-9-21(20)28-23/h1-13,16,22H,14-15H2,(H,25,26). The van der Waals surface area contributed by atoms with Gasteiger partial charge in [-0.3, -0.25) is 4.99 Å². The van der Waals surface area contributed by atoms with Crippen molar-refractivity contribution in [3.05, 3.63) is 90.0 Å². The van der Waals surface area contributed by atoms with Crippen LogP contribution in [0.25, 0.3) is 10.2 Å². The number of nitrogens with one attached hydrogen (secondary N) is 1. The molecule has 1 aliphatic rings. The van der Waals surface area contributed by atoms with Gasteiger partial charge in [0.05, 0.1) is 29.1 Å². The minimum atomic E-state index is 0.184. The van der Waals surface area contributed by atoms with Crippen molar-refractivity contribution in [2.24, 2.45) is 4.99 Å². The van der Waals surface area contributed by atoms with Crippen LogP contribution < -0.4 is 5.32 Å². The van der Waals surface area contributed by atoms with Crippen LogP contribution in [0.3, 0.4) is 0 Å². The molecule has 0 fully saturated rings.